The monoisotopic (exact) mass is 475 g/mol. The SMILES string of the molecule is CC(C)(C)C(=O)OCOP(=O)(C/C=C/Cn1cc(C(=O)O)nn1)OCOC(=O)C(C)(C)C. The molecule has 0 saturated carbocycles. The summed E-state index contributed by atoms with van der Waals surface area (Å²) in [6.07, 6.45) is 4.01. The number of carbonyl (C=O) groups excluding carboxylic acids is 2. The Kier molecular flexibility index (Phi) is 9.74. The third-order valence-corrected chi connectivity index (χ3v) is 5.31. The first-order valence-corrected chi connectivity index (χ1v) is 11.4. The second-order valence-corrected chi connectivity index (χ2v) is 10.9. The number of allylic oxidation sites excluding steroid dienone is 2. The molecule has 0 amide bonds. The molecule has 1 N–H and O–H groups in total. The van der Waals surface area contributed by atoms with E-state index in [4.69, 9.17) is 23.6 Å². The average molecular weight is 475 g/mol. The zero-order chi connectivity index (χ0) is 24.6. The highest BCUT2D eigenvalue weighted by atomic mass is 31.2. The predicted molar refractivity (Wildman–Crippen MR) is 112 cm³/mol. The van der Waals surface area contributed by atoms with Gasteiger partial charge in [-0.15, -0.1) is 5.10 Å². The minimum absolute atomic E-state index is 0.151. The Labute approximate surface area is 186 Å². The maximum atomic E-state index is 13.0. The summed E-state index contributed by atoms with van der Waals surface area (Å²) in [5.41, 5.74) is -1.76. The highest BCUT2D eigenvalue weighted by molar-refractivity contribution is 7.54. The molecular formula is C19H30N3O9P. The summed E-state index contributed by atoms with van der Waals surface area (Å²) in [4.78, 5) is 34.5. The van der Waals surface area contributed by atoms with E-state index in [1.165, 1.54) is 17.0 Å². The average Bonchev–Trinajstić information content (AvgIpc) is 3.13. The van der Waals surface area contributed by atoms with E-state index in [2.05, 4.69) is 10.3 Å². The Morgan fingerprint density at radius 1 is 1.00 bits per heavy atom. The first kappa shape index (κ1) is 27.5. The first-order chi connectivity index (χ1) is 14.6. The van der Waals surface area contributed by atoms with Gasteiger partial charge in [-0.25, -0.2) is 9.48 Å². The van der Waals surface area contributed by atoms with Crippen molar-refractivity contribution in [2.45, 2.75) is 48.1 Å². The topological polar surface area (TPSA) is 156 Å². The van der Waals surface area contributed by atoms with Gasteiger partial charge in [-0.2, -0.15) is 0 Å². The van der Waals surface area contributed by atoms with Crippen molar-refractivity contribution >= 4 is 25.5 Å². The molecule has 0 radical (unpaired) electrons. The number of carboxylic acids is 1. The minimum atomic E-state index is -3.85. The molecule has 0 fully saturated rings. The number of esters is 2. The van der Waals surface area contributed by atoms with Crippen LogP contribution in [0.15, 0.2) is 18.3 Å². The number of carboxylic acid groups (broad SMARTS) is 1. The van der Waals surface area contributed by atoms with Gasteiger partial charge in [0.25, 0.3) is 0 Å². The standard InChI is InChI=1S/C19H30N3O9P/c1-18(2,3)16(25)28-12-30-32(27,31-13-29-17(26)19(4,5)6)10-8-7-9-22-11-14(15(23)24)20-21-22/h7-8,11H,9-10,12-13H2,1-6H3,(H,23,24)/b8-7+. The fourth-order valence-corrected chi connectivity index (χ4v) is 2.89. The van der Waals surface area contributed by atoms with Gasteiger partial charge in [-0.05, 0) is 41.5 Å². The minimum Gasteiger partial charge on any atom is -0.476 e. The number of aromatic carboxylic acids is 1. The molecule has 0 atom stereocenters. The van der Waals surface area contributed by atoms with Gasteiger partial charge in [0.05, 0.1) is 29.7 Å². The molecule has 32 heavy (non-hydrogen) atoms. The van der Waals surface area contributed by atoms with Gasteiger partial charge < -0.3 is 14.6 Å². The van der Waals surface area contributed by atoms with Crippen LogP contribution in [0.25, 0.3) is 0 Å². The smallest absolute Gasteiger partial charge is 0.358 e. The lowest BCUT2D eigenvalue weighted by Crippen LogP contribution is -2.25. The van der Waals surface area contributed by atoms with Gasteiger partial charge in [-0.1, -0.05) is 17.4 Å². The van der Waals surface area contributed by atoms with Gasteiger partial charge in [0.1, 0.15) is 0 Å². The third kappa shape index (κ3) is 9.71. The highest BCUT2D eigenvalue weighted by Crippen LogP contribution is 2.48. The maximum absolute atomic E-state index is 13.0. The van der Waals surface area contributed by atoms with Crippen LogP contribution in [0.1, 0.15) is 52.0 Å². The second kappa shape index (κ2) is 11.3. The number of rotatable bonds is 11. The third-order valence-electron chi connectivity index (χ3n) is 3.65. The van der Waals surface area contributed by atoms with Crippen LogP contribution in [0.3, 0.4) is 0 Å². The summed E-state index contributed by atoms with van der Waals surface area (Å²) >= 11 is 0. The second-order valence-electron chi connectivity index (χ2n) is 8.75. The number of ether oxygens (including phenoxy) is 2. The van der Waals surface area contributed by atoms with Gasteiger partial charge in [0, 0.05) is 0 Å². The fourth-order valence-electron chi connectivity index (χ4n) is 1.77. The van der Waals surface area contributed by atoms with Gasteiger partial charge in [0.2, 0.25) is 13.6 Å². The lowest BCUT2D eigenvalue weighted by molar-refractivity contribution is -0.161. The van der Waals surface area contributed by atoms with Crippen molar-refractivity contribution in [1.29, 1.82) is 0 Å². The molecule has 0 aliphatic heterocycles. The molecule has 1 rings (SSSR count). The van der Waals surface area contributed by atoms with E-state index in [0.717, 1.165) is 0 Å². The summed E-state index contributed by atoms with van der Waals surface area (Å²) in [5, 5.41) is 16.0. The number of carbonyl (C=O) groups is 3. The number of hydrogen-bond acceptors (Lipinski definition) is 10. The van der Waals surface area contributed by atoms with E-state index in [-0.39, 0.29) is 18.4 Å². The van der Waals surface area contributed by atoms with Crippen molar-refractivity contribution in [3.63, 3.8) is 0 Å². The Morgan fingerprint density at radius 3 is 1.91 bits per heavy atom. The van der Waals surface area contributed by atoms with E-state index < -0.39 is 49.9 Å². The summed E-state index contributed by atoms with van der Waals surface area (Å²) in [6.45, 7) is 8.84. The van der Waals surface area contributed by atoms with E-state index >= 15 is 0 Å². The van der Waals surface area contributed by atoms with Crippen LogP contribution < -0.4 is 0 Å². The maximum Gasteiger partial charge on any atom is 0.358 e. The lowest BCUT2D eigenvalue weighted by atomic mass is 9.98. The Morgan fingerprint density at radius 2 is 1.50 bits per heavy atom. The van der Waals surface area contributed by atoms with Crippen molar-refractivity contribution in [1.82, 2.24) is 15.0 Å². The van der Waals surface area contributed by atoms with Gasteiger partial charge in [0.15, 0.2) is 5.69 Å². The zero-order valence-electron chi connectivity index (χ0n) is 19.1. The summed E-state index contributed by atoms with van der Waals surface area (Å²) in [6, 6.07) is 0. The van der Waals surface area contributed by atoms with E-state index in [9.17, 15) is 18.9 Å². The predicted octanol–water partition coefficient (Wildman–Crippen LogP) is 2.85. The normalized spacial score (nSPS) is 12.7. The fraction of sp³-hybridized carbons (Fsp3) is 0.632. The zero-order valence-corrected chi connectivity index (χ0v) is 20.0. The molecule has 1 aromatic rings. The summed E-state index contributed by atoms with van der Waals surface area (Å²) in [5.74, 6) is -2.32. The quantitative estimate of drug-likeness (QED) is 0.217. The van der Waals surface area contributed by atoms with Crippen LogP contribution in [0.4, 0.5) is 0 Å². The van der Waals surface area contributed by atoms with Gasteiger partial charge in [-0.3, -0.25) is 23.2 Å². The Hall–Kier alpha value is -2.56. The van der Waals surface area contributed by atoms with Crippen molar-refractivity contribution in [2.24, 2.45) is 10.8 Å². The van der Waals surface area contributed by atoms with Crippen molar-refractivity contribution in [3.8, 4) is 0 Å². The molecule has 13 heteroatoms. The van der Waals surface area contributed by atoms with E-state index in [1.807, 2.05) is 0 Å². The molecule has 0 aliphatic rings. The van der Waals surface area contributed by atoms with Crippen molar-refractivity contribution in [3.05, 3.63) is 24.0 Å². The van der Waals surface area contributed by atoms with Crippen LogP contribution in [0.5, 0.6) is 0 Å². The summed E-state index contributed by atoms with van der Waals surface area (Å²) < 4.78 is 34.6. The van der Waals surface area contributed by atoms with Crippen LogP contribution in [-0.2, 0) is 39.2 Å². The molecule has 1 aromatic heterocycles. The molecule has 0 saturated heterocycles. The number of aromatic nitrogens is 3. The Balaban J connectivity index is 2.72. The molecule has 0 aliphatic carbocycles. The van der Waals surface area contributed by atoms with Crippen molar-refractivity contribution < 1.29 is 42.6 Å². The number of nitrogens with zero attached hydrogens (tertiary/aromatic N) is 3. The Bertz CT molecular complexity index is 845. The summed E-state index contributed by atoms with van der Waals surface area (Å²) in [7, 11) is -3.85. The molecule has 0 unspecified atom stereocenters. The number of hydrogen-bond donors (Lipinski definition) is 1. The van der Waals surface area contributed by atoms with Crippen LogP contribution in [0, 0.1) is 10.8 Å². The molecule has 1 heterocycles. The van der Waals surface area contributed by atoms with Crippen LogP contribution >= 0.6 is 7.60 Å². The molecule has 0 bridgehead atoms. The van der Waals surface area contributed by atoms with Gasteiger partial charge >= 0.3 is 25.5 Å². The molecule has 180 valence electrons. The molecule has 0 aromatic carbocycles. The van der Waals surface area contributed by atoms with E-state index in [0.29, 0.717) is 0 Å². The van der Waals surface area contributed by atoms with Crippen LogP contribution in [0.2, 0.25) is 0 Å². The molecular weight excluding hydrogens is 445 g/mol. The molecule has 0 spiro atoms. The largest absolute Gasteiger partial charge is 0.476 e. The molecule has 12 nitrogen and oxygen atoms in total. The highest BCUT2D eigenvalue weighted by Gasteiger charge is 2.29. The van der Waals surface area contributed by atoms with E-state index in [1.54, 1.807) is 47.6 Å². The van der Waals surface area contributed by atoms with Crippen LogP contribution in [-0.4, -0.2) is 57.8 Å². The lowest BCUT2D eigenvalue weighted by Gasteiger charge is -2.21. The van der Waals surface area contributed by atoms with Crippen molar-refractivity contribution in [2.75, 3.05) is 19.7 Å². The first-order valence-electron chi connectivity index (χ1n) is 9.65.